The highest BCUT2D eigenvalue weighted by atomic mass is 32.1. The third kappa shape index (κ3) is 2.68. The maximum atomic E-state index is 13.3. The van der Waals surface area contributed by atoms with Crippen LogP contribution in [0.25, 0.3) is 5.57 Å². The molecule has 4 rings (SSSR count). The second-order valence-electron chi connectivity index (χ2n) is 6.79. The zero-order valence-electron chi connectivity index (χ0n) is 15.4. The summed E-state index contributed by atoms with van der Waals surface area (Å²) in [7, 11) is 3.22. The van der Waals surface area contributed by atoms with E-state index in [0.717, 1.165) is 16.9 Å². The number of methoxy groups -OCH3 is 1. The second-order valence-corrected chi connectivity index (χ2v) is 8.07. The minimum absolute atomic E-state index is 0.226. The van der Waals surface area contributed by atoms with E-state index in [2.05, 4.69) is 10.3 Å². The fourth-order valence-corrected chi connectivity index (χ4v) is 4.81. The number of amides is 1. The Balaban J connectivity index is 1.80. The van der Waals surface area contributed by atoms with E-state index in [-0.39, 0.29) is 17.4 Å². The maximum absolute atomic E-state index is 13.3. The predicted octanol–water partition coefficient (Wildman–Crippen LogP) is 2.47. The number of aromatic nitrogens is 1. The Kier molecular flexibility index (Phi) is 4.57. The summed E-state index contributed by atoms with van der Waals surface area (Å²) >= 11 is 6.64. The van der Waals surface area contributed by atoms with Crippen LogP contribution in [0.15, 0.2) is 54.2 Å². The number of hydrogen-bond donors (Lipinski definition) is 2. The molecule has 2 unspecified atom stereocenters. The van der Waals surface area contributed by atoms with Crippen LogP contribution < -0.4 is 10.1 Å². The molecule has 1 aromatic heterocycles. The molecule has 2 aromatic rings. The van der Waals surface area contributed by atoms with Gasteiger partial charge in [-0.2, -0.15) is 0 Å². The fraction of sp³-hybridized carbons (Fsp3) is 0.250. The monoisotopic (exact) mass is 413 g/mol. The zero-order chi connectivity index (χ0) is 19.9. The zero-order valence-corrected chi connectivity index (χ0v) is 17.0. The van der Waals surface area contributed by atoms with E-state index in [1.807, 2.05) is 30.3 Å². The molecule has 28 heavy (non-hydrogen) atoms. The van der Waals surface area contributed by atoms with E-state index in [1.54, 1.807) is 38.0 Å². The summed E-state index contributed by atoms with van der Waals surface area (Å²) in [6.45, 7) is 0. The van der Waals surface area contributed by atoms with Crippen molar-refractivity contribution in [2.45, 2.75) is 17.6 Å². The molecule has 2 atom stereocenters. The largest absolute Gasteiger partial charge is 0.497 e. The molecule has 2 N–H and O–H groups in total. The standard InChI is InChI=1S/C20H19N3O3S2/c1-23-17(24)20(22-18(23)27,16-11-21-12-28-16)19(25)8-4-6-14(10-19)13-5-3-7-15(9-13)26-2/h3-9,11-12,25H,10H2,1-2H3,(H,22,27). The Hall–Kier alpha value is -2.55. The number of thiazole rings is 1. The Bertz CT molecular complexity index is 1000. The molecule has 0 spiro atoms. The van der Waals surface area contributed by atoms with Crippen molar-refractivity contribution >= 4 is 40.1 Å². The molecule has 2 heterocycles. The van der Waals surface area contributed by atoms with Crippen molar-refractivity contribution in [1.82, 2.24) is 15.2 Å². The molecule has 8 heteroatoms. The van der Waals surface area contributed by atoms with Crippen LogP contribution in [0.1, 0.15) is 16.9 Å². The molecule has 1 aromatic carbocycles. The van der Waals surface area contributed by atoms with Gasteiger partial charge in [0.15, 0.2) is 10.7 Å². The van der Waals surface area contributed by atoms with Gasteiger partial charge in [-0.3, -0.25) is 14.7 Å². The number of allylic oxidation sites excluding steroid dienone is 2. The molecule has 6 nitrogen and oxygen atoms in total. The number of ether oxygens (including phenoxy) is 1. The number of nitrogens with one attached hydrogen (secondary N) is 1. The topological polar surface area (TPSA) is 74.7 Å². The highest BCUT2D eigenvalue weighted by Crippen LogP contribution is 2.47. The number of aliphatic hydroxyl groups is 1. The van der Waals surface area contributed by atoms with E-state index in [4.69, 9.17) is 17.0 Å². The van der Waals surface area contributed by atoms with Gasteiger partial charge in [-0.25, -0.2) is 0 Å². The third-order valence-electron chi connectivity index (χ3n) is 5.25. The number of thiocarbonyl (C=S) groups is 1. The molecular formula is C20H19N3O3S2. The van der Waals surface area contributed by atoms with Crippen LogP contribution in [0, 0.1) is 0 Å². The second kappa shape index (κ2) is 6.80. The molecule has 144 valence electrons. The Morgan fingerprint density at radius 3 is 2.89 bits per heavy atom. The fourth-order valence-electron chi connectivity index (χ4n) is 3.73. The van der Waals surface area contributed by atoms with E-state index in [1.165, 1.54) is 16.2 Å². The Labute approximate surface area is 172 Å². The lowest BCUT2D eigenvalue weighted by Crippen LogP contribution is -2.61. The first kappa shape index (κ1) is 18.8. The van der Waals surface area contributed by atoms with Crippen molar-refractivity contribution in [3.8, 4) is 5.75 Å². The summed E-state index contributed by atoms with van der Waals surface area (Å²) in [5.74, 6) is 0.422. The van der Waals surface area contributed by atoms with E-state index in [0.29, 0.717) is 4.88 Å². The summed E-state index contributed by atoms with van der Waals surface area (Å²) in [5.41, 5.74) is 0.501. The summed E-state index contributed by atoms with van der Waals surface area (Å²) in [4.78, 5) is 19.4. The van der Waals surface area contributed by atoms with Crippen LogP contribution in [0.2, 0.25) is 0 Å². The van der Waals surface area contributed by atoms with E-state index < -0.39 is 11.1 Å². The average Bonchev–Trinajstić information content (AvgIpc) is 3.32. The number of hydrogen-bond acceptors (Lipinski definition) is 6. The SMILES string of the molecule is COc1cccc(C2=CC=CC(O)(C3(c4cncs4)NC(=S)N(C)C3=O)C2)c1. The van der Waals surface area contributed by atoms with Gasteiger partial charge in [0, 0.05) is 19.7 Å². The molecule has 1 fully saturated rings. The normalized spacial score (nSPS) is 27.0. The smallest absolute Gasteiger partial charge is 0.263 e. The first-order chi connectivity index (χ1) is 13.4. The van der Waals surface area contributed by atoms with Crippen LogP contribution in [0.4, 0.5) is 0 Å². The lowest BCUT2D eigenvalue weighted by molar-refractivity contribution is -0.138. The minimum atomic E-state index is -1.53. The number of nitrogens with zero attached hydrogens (tertiary/aromatic N) is 2. The highest BCUT2D eigenvalue weighted by Gasteiger charge is 2.62. The van der Waals surface area contributed by atoms with Gasteiger partial charge in [-0.15, -0.1) is 11.3 Å². The number of carbonyl (C=O) groups is 1. The van der Waals surface area contributed by atoms with Crippen LogP contribution in [0.3, 0.4) is 0 Å². The van der Waals surface area contributed by atoms with Crippen molar-refractivity contribution in [1.29, 1.82) is 0 Å². The molecule has 1 aliphatic carbocycles. The molecule has 0 bridgehead atoms. The predicted molar refractivity (Wildman–Crippen MR) is 112 cm³/mol. The maximum Gasteiger partial charge on any atom is 0.263 e. The summed E-state index contributed by atoms with van der Waals surface area (Å²) in [5, 5.41) is 15.2. The van der Waals surface area contributed by atoms with Crippen LogP contribution in [0.5, 0.6) is 5.75 Å². The minimum Gasteiger partial charge on any atom is -0.497 e. The molecular weight excluding hydrogens is 394 g/mol. The molecule has 1 amide bonds. The number of carbonyl (C=O) groups excluding carboxylic acids is 1. The molecule has 2 aliphatic rings. The Morgan fingerprint density at radius 2 is 2.25 bits per heavy atom. The molecule has 1 saturated heterocycles. The van der Waals surface area contributed by atoms with Crippen LogP contribution >= 0.6 is 23.6 Å². The lowest BCUT2D eigenvalue weighted by Gasteiger charge is -2.42. The first-order valence-electron chi connectivity index (χ1n) is 8.66. The first-order valence-corrected chi connectivity index (χ1v) is 9.94. The lowest BCUT2D eigenvalue weighted by atomic mass is 9.71. The molecule has 0 saturated carbocycles. The van der Waals surface area contributed by atoms with E-state index in [9.17, 15) is 9.90 Å². The molecule has 1 aliphatic heterocycles. The number of likely N-dealkylation sites (N-methyl/N-ethyl adjacent to an activating group) is 1. The van der Waals surface area contributed by atoms with Gasteiger partial charge in [-0.1, -0.05) is 24.3 Å². The summed E-state index contributed by atoms with van der Waals surface area (Å²) in [6.07, 6.45) is 7.20. The highest BCUT2D eigenvalue weighted by molar-refractivity contribution is 7.80. The van der Waals surface area contributed by atoms with Gasteiger partial charge < -0.3 is 15.2 Å². The quantitative estimate of drug-likeness (QED) is 0.750. The number of rotatable bonds is 4. The van der Waals surface area contributed by atoms with Crippen LogP contribution in [-0.4, -0.2) is 45.8 Å². The van der Waals surface area contributed by atoms with Gasteiger partial charge >= 0.3 is 0 Å². The van der Waals surface area contributed by atoms with Crippen molar-refractivity contribution in [3.63, 3.8) is 0 Å². The van der Waals surface area contributed by atoms with Crippen molar-refractivity contribution in [2.24, 2.45) is 0 Å². The summed E-state index contributed by atoms with van der Waals surface area (Å²) < 4.78 is 5.32. The van der Waals surface area contributed by atoms with Gasteiger partial charge in [0.05, 0.1) is 17.5 Å². The van der Waals surface area contributed by atoms with Crippen molar-refractivity contribution in [3.05, 3.63) is 64.6 Å². The van der Waals surface area contributed by atoms with Crippen LogP contribution in [-0.2, 0) is 10.3 Å². The Morgan fingerprint density at radius 1 is 1.43 bits per heavy atom. The van der Waals surface area contributed by atoms with Gasteiger partial charge in [0.1, 0.15) is 11.4 Å². The van der Waals surface area contributed by atoms with Crippen molar-refractivity contribution in [2.75, 3.05) is 14.2 Å². The van der Waals surface area contributed by atoms with Gasteiger partial charge in [-0.05, 0) is 41.6 Å². The third-order valence-corrected chi connectivity index (χ3v) is 6.51. The van der Waals surface area contributed by atoms with Gasteiger partial charge in [0.25, 0.3) is 5.91 Å². The molecule has 0 radical (unpaired) electrons. The van der Waals surface area contributed by atoms with Crippen molar-refractivity contribution < 1.29 is 14.6 Å². The number of benzene rings is 1. The van der Waals surface area contributed by atoms with E-state index >= 15 is 0 Å². The summed E-state index contributed by atoms with van der Waals surface area (Å²) in [6, 6.07) is 7.62. The average molecular weight is 414 g/mol. The van der Waals surface area contributed by atoms with Gasteiger partial charge in [0.2, 0.25) is 0 Å².